The molecular weight excluding hydrogens is 268 g/mol. The van der Waals surface area contributed by atoms with Gasteiger partial charge in [-0.2, -0.15) is 0 Å². The molecule has 1 aromatic carbocycles. The number of hydrogen-bond donors (Lipinski definition) is 2. The zero-order valence-corrected chi connectivity index (χ0v) is 11.5. The molecular formula is C13H17ClN2O3. The Hall–Kier alpha value is -1.30. The first-order valence-corrected chi connectivity index (χ1v) is 6.50. The highest BCUT2D eigenvalue weighted by atomic mass is 35.5. The molecule has 2 N–H and O–H groups in total. The van der Waals surface area contributed by atoms with Crippen LogP contribution in [0.2, 0.25) is 5.02 Å². The summed E-state index contributed by atoms with van der Waals surface area (Å²) in [5, 5.41) is 12.8. The third-order valence-electron chi connectivity index (χ3n) is 3.10. The van der Waals surface area contributed by atoms with E-state index in [4.69, 9.17) is 16.3 Å². The number of halogens is 1. The quantitative estimate of drug-likeness (QED) is 0.893. The van der Waals surface area contributed by atoms with E-state index in [1.165, 1.54) is 0 Å². The highest BCUT2D eigenvalue weighted by Crippen LogP contribution is 2.25. The molecule has 6 heteroatoms. The smallest absolute Gasteiger partial charge is 0.321 e. The minimum absolute atomic E-state index is 0.226. The normalized spacial score (nSPS) is 18.7. The zero-order valence-electron chi connectivity index (χ0n) is 10.7. The molecule has 0 spiro atoms. The van der Waals surface area contributed by atoms with Crippen molar-refractivity contribution in [1.29, 1.82) is 0 Å². The molecule has 2 rings (SSSR count). The predicted molar refractivity (Wildman–Crippen MR) is 73.4 cm³/mol. The lowest BCUT2D eigenvalue weighted by atomic mass is 10.2. The molecule has 1 aliphatic rings. The zero-order chi connectivity index (χ0) is 13.8. The molecule has 19 heavy (non-hydrogen) atoms. The Labute approximate surface area is 117 Å². The summed E-state index contributed by atoms with van der Waals surface area (Å²) < 4.78 is 5.08. The number of methoxy groups -OCH3 is 1. The van der Waals surface area contributed by atoms with Crippen LogP contribution in [-0.2, 0) is 11.3 Å². The van der Waals surface area contributed by atoms with Crippen molar-refractivity contribution in [2.24, 2.45) is 0 Å². The number of carbonyl (C=O) groups is 1. The SMILES string of the molecule is COCc1c(Cl)cccc1NC(=O)N1CCC(O)C1. The Bertz CT molecular complexity index is 467. The summed E-state index contributed by atoms with van der Waals surface area (Å²) in [6.45, 7) is 1.26. The van der Waals surface area contributed by atoms with E-state index in [0.29, 0.717) is 36.8 Å². The molecule has 1 saturated heterocycles. The van der Waals surface area contributed by atoms with E-state index in [9.17, 15) is 9.90 Å². The van der Waals surface area contributed by atoms with Gasteiger partial charge in [0.2, 0.25) is 0 Å². The number of amides is 2. The first kappa shape index (κ1) is 14.1. The second-order valence-electron chi connectivity index (χ2n) is 4.52. The van der Waals surface area contributed by atoms with Gasteiger partial charge in [0.25, 0.3) is 0 Å². The second-order valence-corrected chi connectivity index (χ2v) is 4.92. The molecule has 5 nitrogen and oxygen atoms in total. The number of benzene rings is 1. The highest BCUT2D eigenvalue weighted by molar-refractivity contribution is 6.31. The number of β-amino-alcohol motifs (C(OH)–C–C–N with tert-alkyl or cyclic N) is 1. The largest absolute Gasteiger partial charge is 0.391 e. The van der Waals surface area contributed by atoms with Gasteiger partial charge in [0.1, 0.15) is 0 Å². The first-order chi connectivity index (χ1) is 9.11. The molecule has 1 heterocycles. The fourth-order valence-corrected chi connectivity index (χ4v) is 2.32. The van der Waals surface area contributed by atoms with E-state index in [2.05, 4.69) is 5.32 Å². The topological polar surface area (TPSA) is 61.8 Å². The van der Waals surface area contributed by atoms with E-state index in [1.54, 1.807) is 30.2 Å². The van der Waals surface area contributed by atoms with Crippen LogP contribution in [0.3, 0.4) is 0 Å². The Morgan fingerprint density at radius 1 is 1.63 bits per heavy atom. The Morgan fingerprint density at radius 2 is 2.42 bits per heavy atom. The minimum Gasteiger partial charge on any atom is -0.391 e. The maximum absolute atomic E-state index is 12.0. The summed E-state index contributed by atoms with van der Waals surface area (Å²) in [6.07, 6.45) is 0.192. The number of likely N-dealkylation sites (tertiary alicyclic amines) is 1. The van der Waals surface area contributed by atoms with E-state index < -0.39 is 6.10 Å². The standard InChI is InChI=1S/C13H17ClN2O3/c1-19-8-10-11(14)3-2-4-12(10)15-13(18)16-6-5-9(17)7-16/h2-4,9,17H,5-8H2,1H3,(H,15,18). The summed E-state index contributed by atoms with van der Waals surface area (Å²) in [4.78, 5) is 13.6. The van der Waals surface area contributed by atoms with Crippen LogP contribution in [0.15, 0.2) is 18.2 Å². The molecule has 1 fully saturated rings. The van der Waals surface area contributed by atoms with Crippen LogP contribution in [0.5, 0.6) is 0 Å². The van der Waals surface area contributed by atoms with Crippen molar-refractivity contribution < 1.29 is 14.6 Å². The lowest BCUT2D eigenvalue weighted by Crippen LogP contribution is -2.33. The van der Waals surface area contributed by atoms with E-state index in [0.717, 1.165) is 5.56 Å². The molecule has 1 aliphatic heterocycles. The molecule has 0 saturated carbocycles. The van der Waals surface area contributed by atoms with Crippen LogP contribution in [0, 0.1) is 0 Å². The fourth-order valence-electron chi connectivity index (χ4n) is 2.09. The minimum atomic E-state index is -0.427. The van der Waals surface area contributed by atoms with E-state index >= 15 is 0 Å². The highest BCUT2D eigenvalue weighted by Gasteiger charge is 2.25. The summed E-state index contributed by atoms with van der Waals surface area (Å²) in [6, 6.07) is 5.09. The van der Waals surface area contributed by atoms with E-state index in [-0.39, 0.29) is 6.03 Å². The number of hydrogen-bond acceptors (Lipinski definition) is 3. The number of aliphatic hydroxyl groups is 1. The van der Waals surface area contributed by atoms with Gasteiger partial charge in [0.15, 0.2) is 0 Å². The first-order valence-electron chi connectivity index (χ1n) is 6.12. The number of anilines is 1. The predicted octanol–water partition coefficient (Wildman–Crippen LogP) is 2.08. The number of carbonyl (C=O) groups excluding carboxylic acids is 1. The second kappa shape index (κ2) is 6.23. The average Bonchev–Trinajstić information content (AvgIpc) is 2.80. The van der Waals surface area contributed by atoms with Gasteiger partial charge in [-0.25, -0.2) is 4.79 Å². The molecule has 1 unspecified atom stereocenters. The Kier molecular flexibility index (Phi) is 4.63. The number of nitrogens with zero attached hydrogens (tertiary/aromatic N) is 1. The van der Waals surface area contributed by atoms with Gasteiger partial charge in [-0.15, -0.1) is 0 Å². The van der Waals surface area contributed by atoms with Gasteiger partial charge in [-0.3, -0.25) is 0 Å². The van der Waals surface area contributed by atoms with Crippen LogP contribution in [0.1, 0.15) is 12.0 Å². The number of urea groups is 1. The van der Waals surface area contributed by atoms with Crippen molar-refractivity contribution in [2.75, 3.05) is 25.5 Å². The number of rotatable bonds is 3. The van der Waals surface area contributed by atoms with E-state index in [1.807, 2.05) is 0 Å². The fraction of sp³-hybridized carbons (Fsp3) is 0.462. The van der Waals surface area contributed by atoms with Crippen molar-refractivity contribution in [2.45, 2.75) is 19.1 Å². The molecule has 0 radical (unpaired) electrons. The number of nitrogens with one attached hydrogen (secondary N) is 1. The average molecular weight is 285 g/mol. The van der Waals surface area contributed by atoms with Gasteiger partial charge in [0.05, 0.1) is 12.7 Å². The Morgan fingerprint density at radius 3 is 3.05 bits per heavy atom. The van der Waals surface area contributed by atoms with Gasteiger partial charge in [-0.05, 0) is 18.6 Å². The third-order valence-corrected chi connectivity index (χ3v) is 3.45. The molecule has 0 aliphatic carbocycles. The van der Waals surface area contributed by atoms with Gasteiger partial charge in [0, 0.05) is 36.5 Å². The van der Waals surface area contributed by atoms with Crippen LogP contribution in [-0.4, -0.2) is 42.3 Å². The molecule has 0 bridgehead atoms. The van der Waals surface area contributed by atoms with Crippen molar-refractivity contribution in [3.63, 3.8) is 0 Å². The molecule has 1 aromatic rings. The summed E-state index contributed by atoms with van der Waals surface area (Å²) in [7, 11) is 1.58. The number of aliphatic hydroxyl groups excluding tert-OH is 1. The van der Waals surface area contributed by atoms with Crippen molar-refractivity contribution in [3.8, 4) is 0 Å². The third kappa shape index (κ3) is 3.37. The van der Waals surface area contributed by atoms with Crippen molar-refractivity contribution in [1.82, 2.24) is 4.90 Å². The van der Waals surface area contributed by atoms with Crippen LogP contribution < -0.4 is 5.32 Å². The molecule has 104 valence electrons. The van der Waals surface area contributed by atoms with Gasteiger partial charge >= 0.3 is 6.03 Å². The summed E-state index contributed by atoms with van der Waals surface area (Å²) in [5.41, 5.74) is 1.39. The lowest BCUT2D eigenvalue weighted by Gasteiger charge is -2.18. The van der Waals surface area contributed by atoms with Crippen molar-refractivity contribution >= 4 is 23.3 Å². The van der Waals surface area contributed by atoms with Gasteiger partial charge in [-0.1, -0.05) is 17.7 Å². The molecule has 0 aromatic heterocycles. The molecule has 1 atom stereocenters. The molecule has 2 amide bonds. The van der Waals surface area contributed by atoms with Gasteiger partial charge < -0.3 is 20.1 Å². The maximum atomic E-state index is 12.0. The lowest BCUT2D eigenvalue weighted by molar-refractivity contribution is 0.176. The van der Waals surface area contributed by atoms with Crippen molar-refractivity contribution in [3.05, 3.63) is 28.8 Å². The Balaban J connectivity index is 2.10. The number of ether oxygens (including phenoxy) is 1. The van der Waals surface area contributed by atoms with Crippen LogP contribution >= 0.6 is 11.6 Å². The van der Waals surface area contributed by atoms with Crippen LogP contribution in [0.4, 0.5) is 10.5 Å². The monoisotopic (exact) mass is 284 g/mol. The summed E-state index contributed by atoms with van der Waals surface area (Å²) in [5.74, 6) is 0. The summed E-state index contributed by atoms with van der Waals surface area (Å²) >= 11 is 6.09. The van der Waals surface area contributed by atoms with Crippen LogP contribution in [0.25, 0.3) is 0 Å². The maximum Gasteiger partial charge on any atom is 0.321 e.